The van der Waals surface area contributed by atoms with Crippen LogP contribution in [0.15, 0.2) is 30.6 Å². The van der Waals surface area contributed by atoms with Gasteiger partial charge in [0, 0.05) is 31.2 Å². The molecule has 1 aliphatic heterocycles. The maximum absolute atomic E-state index is 13.4. The van der Waals surface area contributed by atoms with Gasteiger partial charge in [-0.05, 0) is 18.2 Å². The summed E-state index contributed by atoms with van der Waals surface area (Å²) in [6.45, 7) is 1.56. The summed E-state index contributed by atoms with van der Waals surface area (Å²) >= 11 is 0. The van der Waals surface area contributed by atoms with E-state index >= 15 is 0 Å². The topological polar surface area (TPSA) is 41.3 Å². The first kappa shape index (κ1) is 8.87. The number of anilines is 2. The largest absolute Gasteiger partial charge is 0.399 e. The Morgan fingerprint density at radius 2 is 2.29 bits per heavy atom. The molecule has 0 saturated heterocycles. The SMILES string of the molecule is Nc1ccc(F)c(N2C=CNCC2)c1. The highest BCUT2D eigenvalue weighted by Gasteiger charge is 2.10. The molecular weight excluding hydrogens is 181 g/mol. The minimum absolute atomic E-state index is 0.245. The van der Waals surface area contributed by atoms with E-state index in [0.29, 0.717) is 11.4 Å². The number of nitrogens with zero attached hydrogens (tertiary/aromatic N) is 1. The summed E-state index contributed by atoms with van der Waals surface area (Å²) < 4.78 is 13.4. The molecule has 14 heavy (non-hydrogen) atoms. The molecule has 0 aliphatic carbocycles. The second-order valence-corrected chi connectivity index (χ2v) is 3.17. The van der Waals surface area contributed by atoms with Gasteiger partial charge < -0.3 is 16.0 Å². The number of hydrogen-bond acceptors (Lipinski definition) is 3. The van der Waals surface area contributed by atoms with Crippen LogP contribution >= 0.6 is 0 Å². The molecule has 74 valence electrons. The molecule has 3 nitrogen and oxygen atoms in total. The van der Waals surface area contributed by atoms with Crippen molar-refractivity contribution in [3.05, 3.63) is 36.4 Å². The van der Waals surface area contributed by atoms with Gasteiger partial charge in [0.05, 0.1) is 5.69 Å². The molecule has 1 aromatic rings. The zero-order chi connectivity index (χ0) is 9.97. The van der Waals surface area contributed by atoms with Crippen LogP contribution in [0.2, 0.25) is 0 Å². The molecule has 0 unspecified atom stereocenters. The molecule has 0 bridgehead atoms. The summed E-state index contributed by atoms with van der Waals surface area (Å²) in [6, 6.07) is 4.59. The maximum atomic E-state index is 13.4. The number of benzene rings is 1. The first-order valence-electron chi connectivity index (χ1n) is 4.49. The predicted octanol–water partition coefficient (Wildman–Crippen LogP) is 1.29. The van der Waals surface area contributed by atoms with Crippen LogP contribution in [0, 0.1) is 5.82 Å². The van der Waals surface area contributed by atoms with Gasteiger partial charge in [-0.2, -0.15) is 0 Å². The van der Waals surface area contributed by atoms with E-state index in [1.54, 1.807) is 24.5 Å². The Labute approximate surface area is 82.0 Å². The molecule has 0 aromatic heterocycles. The van der Waals surface area contributed by atoms with Gasteiger partial charge in [0.25, 0.3) is 0 Å². The van der Waals surface area contributed by atoms with Crippen molar-refractivity contribution < 1.29 is 4.39 Å². The lowest BCUT2D eigenvalue weighted by Crippen LogP contribution is -2.31. The van der Waals surface area contributed by atoms with Crippen molar-refractivity contribution in [2.75, 3.05) is 23.7 Å². The van der Waals surface area contributed by atoms with Gasteiger partial charge in [-0.1, -0.05) is 0 Å². The van der Waals surface area contributed by atoms with Crippen molar-refractivity contribution in [3.8, 4) is 0 Å². The third-order valence-electron chi connectivity index (χ3n) is 2.15. The fourth-order valence-corrected chi connectivity index (χ4v) is 1.44. The van der Waals surface area contributed by atoms with Crippen molar-refractivity contribution in [1.29, 1.82) is 0 Å². The fourth-order valence-electron chi connectivity index (χ4n) is 1.44. The minimum Gasteiger partial charge on any atom is -0.399 e. The average molecular weight is 193 g/mol. The average Bonchev–Trinajstić information content (AvgIpc) is 2.23. The molecule has 0 saturated carbocycles. The molecule has 3 N–H and O–H groups in total. The van der Waals surface area contributed by atoms with E-state index in [1.807, 2.05) is 4.90 Å². The lowest BCUT2D eigenvalue weighted by molar-refractivity contribution is 0.621. The van der Waals surface area contributed by atoms with E-state index in [0.717, 1.165) is 13.1 Å². The van der Waals surface area contributed by atoms with Crippen molar-refractivity contribution in [2.24, 2.45) is 0 Å². The fraction of sp³-hybridized carbons (Fsp3) is 0.200. The van der Waals surface area contributed by atoms with Crippen molar-refractivity contribution in [1.82, 2.24) is 5.32 Å². The predicted molar refractivity (Wildman–Crippen MR) is 55.3 cm³/mol. The summed E-state index contributed by atoms with van der Waals surface area (Å²) in [5, 5.41) is 3.04. The van der Waals surface area contributed by atoms with E-state index < -0.39 is 0 Å². The van der Waals surface area contributed by atoms with Crippen LogP contribution in [-0.4, -0.2) is 13.1 Å². The Kier molecular flexibility index (Phi) is 2.26. The highest BCUT2D eigenvalue weighted by Crippen LogP contribution is 2.22. The Hall–Kier alpha value is -1.71. The molecule has 0 amide bonds. The van der Waals surface area contributed by atoms with Crippen LogP contribution in [0.25, 0.3) is 0 Å². The molecule has 4 heteroatoms. The number of halogens is 1. The van der Waals surface area contributed by atoms with Crippen LogP contribution in [-0.2, 0) is 0 Å². The van der Waals surface area contributed by atoms with E-state index in [1.165, 1.54) is 6.07 Å². The maximum Gasteiger partial charge on any atom is 0.146 e. The Morgan fingerprint density at radius 3 is 3.00 bits per heavy atom. The molecule has 2 rings (SSSR count). The Bertz CT molecular complexity index is 362. The van der Waals surface area contributed by atoms with E-state index in [2.05, 4.69) is 5.32 Å². The number of nitrogens with two attached hydrogens (primary N) is 1. The van der Waals surface area contributed by atoms with Gasteiger partial charge in [0.1, 0.15) is 5.82 Å². The Morgan fingerprint density at radius 1 is 1.43 bits per heavy atom. The van der Waals surface area contributed by atoms with Gasteiger partial charge in [0.15, 0.2) is 0 Å². The third kappa shape index (κ3) is 1.64. The molecule has 0 atom stereocenters. The molecular formula is C10H12FN3. The molecule has 1 heterocycles. The molecule has 1 aliphatic rings. The summed E-state index contributed by atoms with van der Waals surface area (Å²) in [4.78, 5) is 1.84. The number of nitrogens with one attached hydrogen (secondary N) is 1. The summed E-state index contributed by atoms with van der Waals surface area (Å²) in [6.07, 6.45) is 3.60. The standard InChI is InChI=1S/C10H12FN3/c11-9-2-1-8(12)7-10(9)14-5-3-13-4-6-14/h1-3,5,7,13H,4,6,12H2. The van der Waals surface area contributed by atoms with Crippen LogP contribution in [0.3, 0.4) is 0 Å². The van der Waals surface area contributed by atoms with E-state index in [9.17, 15) is 4.39 Å². The number of nitrogen functional groups attached to an aromatic ring is 1. The molecule has 0 radical (unpaired) electrons. The number of hydrogen-bond donors (Lipinski definition) is 2. The second kappa shape index (κ2) is 3.57. The van der Waals surface area contributed by atoms with Gasteiger partial charge in [-0.25, -0.2) is 4.39 Å². The smallest absolute Gasteiger partial charge is 0.146 e. The highest BCUT2D eigenvalue weighted by molar-refractivity contribution is 5.58. The van der Waals surface area contributed by atoms with Crippen LogP contribution in [0.4, 0.5) is 15.8 Å². The van der Waals surface area contributed by atoms with Crippen LogP contribution < -0.4 is 16.0 Å². The van der Waals surface area contributed by atoms with E-state index in [4.69, 9.17) is 5.73 Å². The number of rotatable bonds is 1. The lowest BCUT2D eigenvalue weighted by Gasteiger charge is -2.24. The molecule has 0 spiro atoms. The second-order valence-electron chi connectivity index (χ2n) is 3.17. The molecule has 1 aromatic carbocycles. The van der Waals surface area contributed by atoms with Crippen LogP contribution in [0.1, 0.15) is 0 Å². The van der Waals surface area contributed by atoms with Crippen molar-refractivity contribution >= 4 is 11.4 Å². The highest BCUT2D eigenvalue weighted by atomic mass is 19.1. The van der Waals surface area contributed by atoms with Crippen molar-refractivity contribution in [2.45, 2.75) is 0 Å². The van der Waals surface area contributed by atoms with Gasteiger partial charge in [-0.3, -0.25) is 0 Å². The van der Waals surface area contributed by atoms with Gasteiger partial charge in [0.2, 0.25) is 0 Å². The summed E-state index contributed by atoms with van der Waals surface area (Å²) in [5.41, 5.74) is 6.71. The van der Waals surface area contributed by atoms with E-state index in [-0.39, 0.29) is 5.82 Å². The lowest BCUT2D eigenvalue weighted by atomic mass is 10.2. The zero-order valence-corrected chi connectivity index (χ0v) is 7.70. The van der Waals surface area contributed by atoms with Crippen LogP contribution in [0.5, 0.6) is 0 Å². The summed E-state index contributed by atoms with van der Waals surface area (Å²) in [7, 11) is 0. The van der Waals surface area contributed by atoms with Crippen molar-refractivity contribution in [3.63, 3.8) is 0 Å². The van der Waals surface area contributed by atoms with Gasteiger partial charge in [-0.15, -0.1) is 0 Å². The first-order chi connectivity index (χ1) is 6.77. The first-order valence-corrected chi connectivity index (χ1v) is 4.49. The quantitative estimate of drug-likeness (QED) is 0.660. The normalized spacial score (nSPS) is 15.4. The third-order valence-corrected chi connectivity index (χ3v) is 2.15. The minimum atomic E-state index is -0.245. The molecule has 0 fully saturated rings. The summed E-state index contributed by atoms with van der Waals surface area (Å²) in [5.74, 6) is -0.245. The zero-order valence-electron chi connectivity index (χ0n) is 7.70. The monoisotopic (exact) mass is 193 g/mol. The Balaban J connectivity index is 2.34. The van der Waals surface area contributed by atoms with Gasteiger partial charge >= 0.3 is 0 Å².